The monoisotopic (exact) mass is 300 g/mol. The largest absolute Gasteiger partial charge is 0.481 e. The number of thiophene rings is 1. The highest BCUT2D eigenvalue weighted by Gasteiger charge is 2.25. The first kappa shape index (κ1) is 14.0. The number of carboxylic acids is 1. The second kappa shape index (κ2) is 5.30. The minimum absolute atomic E-state index is 0.0461. The predicted molar refractivity (Wildman–Crippen MR) is 72.4 cm³/mol. The molecule has 0 bridgehead atoms. The van der Waals surface area contributed by atoms with Crippen molar-refractivity contribution in [1.82, 2.24) is 10.2 Å². The zero-order chi connectivity index (χ0) is 14.0. The van der Waals surface area contributed by atoms with Gasteiger partial charge in [0.1, 0.15) is 4.88 Å². The summed E-state index contributed by atoms with van der Waals surface area (Å²) in [6, 6.07) is 1.76. The second-order valence-electron chi connectivity index (χ2n) is 5.01. The molecule has 0 amide bonds. The molecule has 102 valence electrons. The molecule has 1 N–H and O–H groups in total. The van der Waals surface area contributed by atoms with E-state index in [1.807, 2.05) is 19.2 Å². The fourth-order valence-corrected chi connectivity index (χ4v) is 2.80. The van der Waals surface area contributed by atoms with E-state index in [2.05, 4.69) is 10.2 Å². The van der Waals surface area contributed by atoms with Gasteiger partial charge in [0.2, 0.25) is 5.89 Å². The van der Waals surface area contributed by atoms with Crippen molar-refractivity contribution in [2.24, 2.45) is 5.41 Å². The third-order valence-corrected chi connectivity index (χ3v) is 3.87. The zero-order valence-electron chi connectivity index (χ0n) is 10.5. The van der Waals surface area contributed by atoms with Crippen molar-refractivity contribution in [2.75, 3.05) is 0 Å². The third kappa shape index (κ3) is 3.54. The molecule has 0 aliphatic rings. The van der Waals surface area contributed by atoms with Crippen LogP contribution in [0.4, 0.5) is 0 Å². The summed E-state index contributed by atoms with van der Waals surface area (Å²) in [6.45, 7) is 3.70. The summed E-state index contributed by atoms with van der Waals surface area (Å²) in [4.78, 5) is 11.5. The summed E-state index contributed by atoms with van der Waals surface area (Å²) in [5.41, 5.74) is -0.436. The van der Waals surface area contributed by atoms with Crippen LogP contribution in [-0.4, -0.2) is 21.3 Å². The van der Waals surface area contributed by atoms with Crippen molar-refractivity contribution in [3.63, 3.8) is 0 Å². The first-order chi connectivity index (χ1) is 8.87. The Balaban J connectivity index is 2.14. The number of nitrogens with zero attached hydrogens (tertiary/aromatic N) is 2. The number of carboxylic acid groups (broad SMARTS) is 1. The number of carbonyl (C=O) groups is 1. The van der Waals surface area contributed by atoms with Crippen molar-refractivity contribution in [3.8, 4) is 10.8 Å². The van der Waals surface area contributed by atoms with Gasteiger partial charge < -0.3 is 9.52 Å². The number of hydrogen-bond acceptors (Lipinski definition) is 5. The lowest BCUT2D eigenvalue weighted by Crippen LogP contribution is -2.19. The van der Waals surface area contributed by atoms with Crippen molar-refractivity contribution in [2.45, 2.75) is 26.7 Å². The lowest BCUT2D eigenvalue weighted by Gasteiger charge is -2.19. The van der Waals surface area contributed by atoms with E-state index in [0.29, 0.717) is 23.2 Å². The maximum atomic E-state index is 10.8. The summed E-state index contributed by atoms with van der Waals surface area (Å²) in [5, 5.41) is 19.1. The van der Waals surface area contributed by atoms with Crippen LogP contribution in [0.1, 0.15) is 26.2 Å². The van der Waals surface area contributed by atoms with Crippen LogP contribution in [0.5, 0.6) is 0 Å². The van der Waals surface area contributed by atoms with Crippen LogP contribution >= 0.6 is 22.9 Å². The van der Waals surface area contributed by atoms with Gasteiger partial charge in [0.05, 0.1) is 11.4 Å². The van der Waals surface area contributed by atoms with E-state index in [0.717, 1.165) is 4.88 Å². The second-order valence-corrected chi connectivity index (χ2v) is 6.33. The fourth-order valence-electron chi connectivity index (χ4n) is 1.74. The van der Waals surface area contributed by atoms with Gasteiger partial charge in [-0.05, 0) is 16.9 Å². The summed E-state index contributed by atoms with van der Waals surface area (Å²) in [5.74, 6) is -0.0436. The van der Waals surface area contributed by atoms with E-state index in [1.54, 1.807) is 6.07 Å². The minimum Gasteiger partial charge on any atom is -0.481 e. The van der Waals surface area contributed by atoms with Gasteiger partial charge in [0.15, 0.2) is 0 Å². The lowest BCUT2D eigenvalue weighted by atomic mass is 9.86. The van der Waals surface area contributed by atoms with Gasteiger partial charge >= 0.3 is 5.97 Å². The molecule has 2 heterocycles. The standard InChI is InChI=1S/C12H13ClN2O3S/c1-12(2,6-9(16)17)5-8-14-15-11(18-8)10-7(13)3-4-19-10/h3-4H,5-6H2,1-2H3,(H,16,17). The maximum Gasteiger partial charge on any atom is 0.303 e. The number of aromatic nitrogens is 2. The number of hydrogen-bond donors (Lipinski definition) is 1. The van der Waals surface area contributed by atoms with E-state index in [4.69, 9.17) is 21.1 Å². The van der Waals surface area contributed by atoms with Crippen molar-refractivity contribution >= 4 is 28.9 Å². The zero-order valence-corrected chi connectivity index (χ0v) is 12.1. The molecule has 2 aromatic heterocycles. The van der Waals surface area contributed by atoms with E-state index < -0.39 is 11.4 Å². The van der Waals surface area contributed by atoms with Gasteiger partial charge in [-0.2, -0.15) is 0 Å². The van der Waals surface area contributed by atoms with Crippen molar-refractivity contribution < 1.29 is 14.3 Å². The van der Waals surface area contributed by atoms with Crippen LogP contribution in [0.2, 0.25) is 5.02 Å². The Kier molecular flexibility index (Phi) is 3.91. The van der Waals surface area contributed by atoms with Crippen LogP contribution < -0.4 is 0 Å². The van der Waals surface area contributed by atoms with E-state index >= 15 is 0 Å². The van der Waals surface area contributed by atoms with Crippen molar-refractivity contribution in [3.05, 3.63) is 22.4 Å². The summed E-state index contributed by atoms with van der Waals surface area (Å²) >= 11 is 7.41. The maximum absolute atomic E-state index is 10.8. The molecule has 2 rings (SSSR count). The molecule has 0 aliphatic carbocycles. The highest BCUT2D eigenvalue weighted by molar-refractivity contribution is 7.14. The Morgan fingerprint density at radius 3 is 2.84 bits per heavy atom. The molecule has 0 fully saturated rings. The van der Waals surface area contributed by atoms with Gasteiger partial charge in [-0.1, -0.05) is 25.4 Å². The topological polar surface area (TPSA) is 76.2 Å². The summed E-state index contributed by atoms with van der Waals surface area (Å²) < 4.78 is 5.54. The fraction of sp³-hybridized carbons (Fsp3) is 0.417. The van der Waals surface area contributed by atoms with Gasteiger partial charge in [0, 0.05) is 6.42 Å². The SMILES string of the molecule is CC(C)(CC(=O)O)Cc1nnc(-c2sccc2Cl)o1. The molecule has 0 aromatic carbocycles. The van der Waals surface area contributed by atoms with E-state index in [1.165, 1.54) is 11.3 Å². The third-order valence-electron chi connectivity index (χ3n) is 2.54. The van der Waals surface area contributed by atoms with Gasteiger partial charge in [-0.25, -0.2) is 0 Å². The van der Waals surface area contributed by atoms with E-state index in [-0.39, 0.29) is 6.42 Å². The molecule has 0 saturated heterocycles. The molecular formula is C12H13ClN2O3S. The molecule has 0 aliphatic heterocycles. The average Bonchev–Trinajstić information content (AvgIpc) is 2.84. The van der Waals surface area contributed by atoms with Crippen LogP contribution in [0, 0.1) is 5.41 Å². The number of rotatable bonds is 5. The van der Waals surface area contributed by atoms with Crippen LogP contribution in [-0.2, 0) is 11.2 Å². The highest BCUT2D eigenvalue weighted by Crippen LogP contribution is 2.33. The lowest BCUT2D eigenvalue weighted by molar-refractivity contribution is -0.139. The molecule has 5 nitrogen and oxygen atoms in total. The minimum atomic E-state index is -0.842. The Morgan fingerprint density at radius 2 is 2.26 bits per heavy atom. The molecule has 2 aromatic rings. The molecule has 0 unspecified atom stereocenters. The van der Waals surface area contributed by atoms with Crippen LogP contribution in [0.15, 0.2) is 15.9 Å². The van der Waals surface area contributed by atoms with Crippen molar-refractivity contribution in [1.29, 1.82) is 0 Å². The Hall–Kier alpha value is -1.40. The summed E-state index contributed by atoms with van der Waals surface area (Å²) in [6.07, 6.45) is 0.458. The van der Waals surface area contributed by atoms with Gasteiger partial charge in [-0.15, -0.1) is 21.5 Å². The molecule has 0 spiro atoms. The number of halogens is 1. The van der Waals surface area contributed by atoms with Gasteiger partial charge in [0.25, 0.3) is 5.89 Å². The Labute approximate surface area is 119 Å². The van der Waals surface area contributed by atoms with Gasteiger partial charge in [-0.3, -0.25) is 4.79 Å². The summed E-state index contributed by atoms with van der Waals surface area (Å²) in [7, 11) is 0. The first-order valence-corrected chi connectivity index (χ1v) is 6.91. The predicted octanol–water partition coefficient (Wildman–Crippen LogP) is 3.49. The molecule has 0 radical (unpaired) electrons. The average molecular weight is 301 g/mol. The Bertz CT molecular complexity index is 591. The number of aliphatic carboxylic acids is 1. The molecular weight excluding hydrogens is 288 g/mol. The quantitative estimate of drug-likeness (QED) is 0.914. The van der Waals surface area contributed by atoms with E-state index in [9.17, 15) is 4.79 Å². The smallest absolute Gasteiger partial charge is 0.303 e. The Morgan fingerprint density at radius 1 is 1.53 bits per heavy atom. The molecule has 19 heavy (non-hydrogen) atoms. The first-order valence-electron chi connectivity index (χ1n) is 5.65. The molecule has 0 saturated carbocycles. The highest BCUT2D eigenvalue weighted by atomic mass is 35.5. The van der Waals surface area contributed by atoms with Crippen LogP contribution in [0.25, 0.3) is 10.8 Å². The molecule has 0 atom stereocenters. The normalized spacial score (nSPS) is 11.7. The molecule has 7 heteroatoms. The van der Waals surface area contributed by atoms with Crippen LogP contribution in [0.3, 0.4) is 0 Å².